The Balaban J connectivity index is 2.21. The highest BCUT2D eigenvalue weighted by Crippen LogP contribution is 2.31. The van der Waals surface area contributed by atoms with Gasteiger partial charge in [0, 0.05) is 29.2 Å². The first kappa shape index (κ1) is 6.71. The van der Waals surface area contributed by atoms with Crippen molar-refractivity contribution in [2.75, 3.05) is 0 Å². The maximum absolute atomic E-state index is 5.35. The number of aromatic nitrogens is 1. The van der Waals surface area contributed by atoms with Gasteiger partial charge in [-0.05, 0) is 18.2 Å². The fourth-order valence-corrected chi connectivity index (χ4v) is 1.69. The maximum Gasteiger partial charge on any atom is 0.175 e. The summed E-state index contributed by atoms with van der Waals surface area (Å²) in [7, 11) is 0. The first-order chi connectivity index (χ1) is 6.45. The lowest BCUT2D eigenvalue weighted by molar-refractivity contribution is 0.302. The van der Waals surface area contributed by atoms with E-state index in [9.17, 15) is 0 Å². The van der Waals surface area contributed by atoms with Crippen molar-refractivity contribution in [3.8, 4) is 0 Å². The molecule has 2 aliphatic rings. The molecule has 64 valence electrons. The Kier molecular flexibility index (Phi) is 1.22. The van der Waals surface area contributed by atoms with E-state index in [-0.39, 0.29) is 6.10 Å². The van der Waals surface area contributed by atoms with E-state index in [1.54, 1.807) is 0 Å². The zero-order chi connectivity index (χ0) is 8.67. The number of nitrogens with zero attached hydrogens (tertiary/aromatic N) is 1. The van der Waals surface area contributed by atoms with Crippen LogP contribution in [0.3, 0.4) is 0 Å². The third kappa shape index (κ3) is 0.869. The highest BCUT2D eigenvalue weighted by Gasteiger charge is 2.22. The molecule has 1 aliphatic carbocycles. The topological polar surface area (TPSA) is 37.4 Å². The van der Waals surface area contributed by atoms with Crippen LogP contribution in [-0.4, -0.2) is 17.5 Å². The Morgan fingerprint density at radius 2 is 2.46 bits per heavy atom. The van der Waals surface area contributed by atoms with Crippen molar-refractivity contribution in [3.05, 3.63) is 35.8 Å². The largest absolute Gasteiger partial charge is 0.471 e. The van der Waals surface area contributed by atoms with Crippen LogP contribution in [0.5, 0.6) is 0 Å². The maximum atomic E-state index is 5.35. The van der Waals surface area contributed by atoms with Crippen LogP contribution >= 0.6 is 0 Å². The van der Waals surface area contributed by atoms with E-state index in [0.29, 0.717) is 0 Å². The summed E-state index contributed by atoms with van der Waals surface area (Å²) in [6.45, 7) is 0. The number of hydrogen-bond acceptors (Lipinski definition) is 2. The van der Waals surface area contributed by atoms with Gasteiger partial charge >= 0.3 is 0 Å². The highest BCUT2D eigenvalue weighted by atomic mass is 16.5. The van der Waals surface area contributed by atoms with Gasteiger partial charge in [0.1, 0.15) is 6.10 Å². The number of aliphatic imine (C=N–C) groups is 1. The molecule has 0 saturated carbocycles. The molecule has 1 unspecified atom stereocenters. The molecule has 1 atom stereocenters. The van der Waals surface area contributed by atoms with E-state index >= 15 is 0 Å². The van der Waals surface area contributed by atoms with Gasteiger partial charge < -0.3 is 9.72 Å². The molecule has 0 amide bonds. The van der Waals surface area contributed by atoms with Gasteiger partial charge in [-0.25, -0.2) is 4.99 Å². The lowest BCUT2D eigenvalue weighted by atomic mass is 9.96. The van der Waals surface area contributed by atoms with Crippen LogP contribution in [0.15, 0.2) is 29.5 Å². The minimum absolute atomic E-state index is 0.0424. The molecular weight excluding hydrogens is 164 g/mol. The number of ether oxygens (including phenoxy) is 1. The van der Waals surface area contributed by atoms with Gasteiger partial charge in [-0.1, -0.05) is 0 Å². The van der Waals surface area contributed by atoms with E-state index in [1.807, 2.05) is 30.6 Å². The molecule has 0 radical (unpaired) electrons. The molecule has 3 nitrogen and oxygen atoms in total. The average molecular weight is 172 g/mol. The lowest BCUT2D eigenvalue weighted by Crippen LogP contribution is -2.16. The van der Waals surface area contributed by atoms with E-state index in [2.05, 4.69) is 9.98 Å². The van der Waals surface area contributed by atoms with E-state index in [0.717, 1.165) is 11.3 Å². The van der Waals surface area contributed by atoms with Crippen molar-refractivity contribution in [2.24, 2.45) is 4.99 Å². The van der Waals surface area contributed by atoms with Gasteiger partial charge in [-0.15, -0.1) is 0 Å². The third-order valence-electron chi connectivity index (χ3n) is 2.32. The molecule has 1 aliphatic heterocycles. The fourth-order valence-electron chi connectivity index (χ4n) is 1.69. The monoisotopic (exact) mass is 172 g/mol. The molecule has 0 spiro atoms. The predicted octanol–water partition coefficient (Wildman–Crippen LogP) is 1.81. The SMILES string of the molecule is C1=CC2OC=NC=C2c2cc[nH]c21. The second-order valence-corrected chi connectivity index (χ2v) is 3.06. The Hall–Kier alpha value is -1.77. The molecule has 3 rings (SSSR count). The average Bonchev–Trinajstić information content (AvgIpc) is 2.65. The second-order valence-electron chi connectivity index (χ2n) is 3.06. The van der Waals surface area contributed by atoms with Crippen molar-refractivity contribution in [1.82, 2.24) is 4.98 Å². The quantitative estimate of drug-likeness (QED) is 0.636. The van der Waals surface area contributed by atoms with E-state index in [1.165, 1.54) is 12.0 Å². The fraction of sp³-hybridized carbons (Fsp3) is 0.100. The van der Waals surface area contributed by atoms with Crippen LogP contribution in [0.2, 0.25) is 0 Å². The summed E-state index contributed by atoms with van der Waals surface area (Å²) in [5.74, 6) is 0. The van der Waals surface area contributed by atoms with Gasteiger partial charge in [-0.3, -0.25) is 0 Å². The first-order valence-electron chi connectivity index (χ1n) is 4.18. The Morgan fingerprint density at radius 1 is 1.46 bits per heavy atom. The standard InChI is InChI=1S/C10H8N2O/c1-2-10-8(5-11-6-13-10)7-3-4-12-9(1)7/h1-6,10,12H. The van der Waals surface area contributed by atoms with Crippen molar-refractivity contribution < 1.29 is 4.74 Å². The number of aromatic amines is 1. The Bertz CT molecular complexity index is 426. The molecule has 0 saturated heterocycles. The van der Waals surface area contributed by atoms with Gasteiger partial charge in [0.25, 0.3) is 0 Å². The lowest BCUT2D eigenvalue weighted by Gasteiger charge is -2.21. The summed E-state index contributed by atoms with van der Waals surface area (Å²) in [4.78, 5) is 7.14. The summed E-state index contributed by atoms with van der Waals surface area (Å²) >= 11 is 0. The minimum atomic E-state index is 0.0424. The normalized spacial score (nSPS) is 23.1. The van der Waals surface area contributed by atoms with Crippen LogP contribution < -0.4 is 0 Å². The van der Waals surface area contributed by atoms with E-state index in [4.69, 9.17) is 4.74 Å². The van der Waals surface area contributed by atoms with Crippen LogP contribution in [0.4, 0.5) is 0 Å². The zero-order valence-electron chi connectivity index (χ0n) is 6.90. The van der Waals surface area contributed by atoms with Crippen molar-refractivity contribution in [2.45, 2.75) is 6.10 Å². The minimum Gasteiger partial charge on any atom is -0.471 e. The van der Waals surface area contributed by atoms with Crippen LogP contribution in [0.25, 0.3) is 11.6 Å². The second kappa shape index (κ2) is 2.36. The molecule has 0 aromatic carbocycles. The van der Waals surface area contributed by atoms with Crippen LogP contribution in [-0.2, 0) is 4.74 Å². The highest BCUT2D eigenvalue weighted by molar-refractivity contribution is 5.83. The molecule has 0 bridgehead atoms. The number of hydrogen-bond donors (Lipinski definition) is 1. The summed E-state index contributed by atoms with van der Waals surface area (Å²) in [5.41, 5.74) is 3.44. The number of fused-ring (bicyclic) bond motifs is 3. The summed E-state index contributed by atoms with van der Waals surface area (Å²) in [6.07, 6.45) is 9.37. The molecule has 1 aromatic rings. The van der Waals surface area contributed by atoms with Crippen LogP contribution in [0, 0.1) is 0 Å². The van der Waals surface area contributed by atoms with Crippen LogP contribution in [0.1, 0.15) is 11.3 Å². The molecule has 0 fully saturated rings. The van der Waals surface area contributed by atoms with Crippen molar-refractivity contribution in [3.63, 3.8) is 0 Å². The van der Waals surface area contributed by atoms with Gasteiger partial charge in [0.05, 0.1) is 0 Å². The molecule has 2 heterocycles. The number of H-pyrrole nitrogens is 1. The molecule has 1 aromatic heterocycles. The molecular formula is C10H8N2O. The zero-order valence-corrected chi connectivity index (χ0v) is 6.90. The first-order valence-corrected chi connectivity index (χ1v) is 4.18. The summed E-state index contributed by atoms with van der Waals surface area (Å²) in [6, 6.07) is 2.04. The van der Waals surface area contributed by atoms with E-state index < -0.39 is 0 Å². The van der Waals surface area contributed by atoms with Gasteiger partial charge in [0.15, 0.2) is 6.40 Å². The summed E-state index contributed by atoms with van der Waals surface area (Å²) in [5, 5.41) is 0. The van der Waals surface area contributed by atoms with Gasteiger partial charge in [-0.2, -0.15) is 0 Å². The van der Waals surface area contributed by atoms with Crippen molar-refractivity contribution in [1.29, 1.82) is 0 Å². The Morgan fingerprint density at radius 3 is 3.46 bits per heavy atom. The Labute approximate surface area is 75.4 Å². The third-order valence-corrected chi connectivity index (χ3v) is 2.32. The number of rotatable bonds is 0. The van der Waals surface area contributed by atoms with Gasteiger partial charge in [0.2, 0.25) is 0 Å². The molecule has 13 heavy (non-hydrogen) atoms. The predicted molar refractivity (Wildman–Crippen MR) is 51.2 cm³/mol. The smallest absolute Gasteiger partial charge is 0.175 e. The molecule has 3 heteroatoms. The number of nitrogens with one attached hydrogen (secondary N) is 1. The molecule has 1 N–H and O–H groups in total. The summed E-state index contributed by atoms with van der Waals surface area (Å²) < 4.78 is 5.35. The van der Waals surface area contributed by atoms with Crippen molar-refractivity contribution >= 4 is 18.0 Å².